The number of amides is 2. The van der Waals surface area contributed by atoms with Crippen molar-refractivity contribution < 1.29 is 14.6 Å². The number of carbonyl (C=O) groups excluding carboxylic acids is 1. The first-order valence-corrected chi connectivity index (χ1v) is 9.90. The number of pyridine rings is 1. The molecule has 0 aliphatic carbocycles. The smallest absolute Gasteiger partial charge is 0.321 e. The molecule has 1 aromatic heterocycles. The molecule has 1 saturated heterocycles. The fourth-order valence-electron chi connectivity index (χ4n) is 3.36. The number of nitrogens with zero attached hydrogens (tertiary/aromatic N) is 3. The van der Waals surface area contributed by atoms with Gasteiger partial charge >= 0.3 is 6.03 Å². The fourth-order valence-corrected chi connectivity index (χ4v) is 3.36. The highest BCUT2D eigenvalue weighted by Crippen LogP contribution is 2.22. The summed E-state index contributed by atoms with van der Waals surface area (Å²) in [6.07, 6.45) is 1.73. The van der Waals surface area contributed by atoms with E-state index in [-0.39, 0.29) is 11.8 Å². The number of piperazine rings is 1. The van der Waals surface area contributed by atoms with Gasteiger partial charge in [-0.1, -0.05) is 18.2 Å². The standard InChI is InChI=1S/C23H24N4O3/c28-21-8-4-7-20(16-21)26-11-13-27(14-12-26)23(29)25-18-6-3-9-22(15-18)30-17-19-5-1-2-10-24-19/h1-10,15-16,28H,11-14,17H2,(H,25,29). The Balaban J connectivity index is 1.30. The van der Waals surface area contributed by atoms with Crippen molar-refractivity contribution in [3.63, 3.8) is 0 Å². The van der Waals surface area contributed by atoms with Gasteiger partial charge in [0, 0.05) is 55.9 Å². The normalized spacial score (nSPS) is 13.7. The zero-order chi connectivity index (χ0) is 20.8. The Morgan fingerprint density at radius 2 is 1.83 bits per heavy atom. The number of benzene rings is 2. The van der Waals surface area contributed by atoms with E-state index in [1.807, 2.05) is 54.6 Å². The third kappa shape index (κ3) is 5.00. The topological polar surface area (TPSA) is 77.9 Å². The van der Waals surface area contributed by atoms with E-state index in [1.54, 1.807) is 23.2 Å². The number of carbonyl (C=O) groups is 1. The largest absolute Gasteiger partial charge is 0.508 e. The van der Waals surface area contributed by atoms with Crippen molar-refractivity contribution in [3.8, 4) is 11.5 Å². The second kappa shape index (κ2) is 9.17. The van der Waals surface area contributed by atoms with Crippen LogP contribution in [0.2, 0.25) is 0 Å². The molecule has 154 valence electrons. The van der Waals surface area contributed by atoms with Crippen molar-refractivity contribution in [2.45, 2.75) is 6.61 Å². The van der Waals surface area contributed by atoms with Gasteiger partial charge in [0.15, 0.2) is 0 Å². The third-order valence-electron chi connectivity index (χ3n) is 4.96. The molecular weight excluding hydrogens is 380 g/mol. The van der Waals surface area contributed by atoms with Gasteiger partial charge in [-0.2, -0.15) is 0 Å². The van der Waals surface area contributed by atoms with E-state index in [2.05, 4.69) is 15.2 Å². The minimum Gasteiger partial charge on any atom is -0.508 e. The number of hydrogen-bond donors (Lipinski definition) is 2. The van der Waals surface area contributed by atoms with Gasteiger partial charge in [0.2, 0.25) is 0 Å². The Hall–Kier alpha value is -3.74. The van der Waals surface area contributed by atoms with Crippen molar-refractivity contribution in [2.75, 3.05) is 36.4 Å². The zero-order valence-electron chi connectivity index (χ0n) is 16.6. The fraction of sp³-hybridized carbons (Fsp3) is 0.217. The molecule has 4 rings (SSSR count). The van der Waals surface area contributed by atoms with E-state index in [0.29, 0.717) is 44.2 Å². The SMILES string of the molecule is O=C(Nc1cccc(OCc2ccccn2)c1)N1CCN(c2cccc(O)c2)CC1. The van der Waals surface area contributed by atoms with E-state index in [9.17, 15) is 9.90 Å². The predicted molar refractivity (Wildman–Crippen MR) is 116 cm³/mol. The highest BCUT2D eigenvalue weighted by molar-refractivity contribution is 5.89. The first kappa shape index (κ1) is 19.6. The highest BCUT2D eigenvalue weighted by Gasteiger charge is 2.21. The van der Waals surface area contributed by atoms with Crippen molar-refractivity contribution in [3.05, 3.63) is 78.6 Å². The third-order valence-corrected chi connectivity index (χ3v) is 4.96. The monoisotopic (exact) mass is 404 g/mol. The summed E-state index contributed by atoms with van der Waals surface area (Å²) < 4.78 is 5.78. The van der Waals surface area contributed by atoms with Crippen LogP contribution in [0.5, 0.6) is 11.5 Å². The number of anilines is 2. The lowest BCUT2D eigenvalue weighted by Gasteiger charge is -2.36. The Kier molecular flexibility index (Phi) is 5.98. The second-order valence-corrected chi connectivity index (χ2v) is 7.06. The number of hydrogen-bond acceptors (Lipinski definition) is 5. The molecule has 0 atom stereocenters. The summed E-state index contributed by atoms with van der Waals surface area (Å²) in [7, 11) is 0. The summed E-state index contributed by atoms with van der Waals surface area (Å²) in [4.78, 5) is 20.9. The van der Waals surface area contributed by atoms with Crippen LogP contribution in [0.25, 0.3) is 0 Å². The lowest BCUT2D eigenvalue weighted by atomic mass is 10.2. The molecule has 7 heteroatoms. The number of phenols is 1. The van der Waals surface area contributed by atoms with E-state index in [1.165, 1.54) is 0 Å². The molecule has 0 spiro atoms. The van der Waals surface area contributed by atoms with Crippen LogP contribution in [0.3, 0.4) is 0 Å². The van der Waals surface area contributed by atoms with Gasteiger partial charge < -0.3 is 25.0 Å². The first-order chi connectivity index (χ1) is 14.7. The number of aromatic hydroxyl groups is 1. The van der Waals surface area contributed by atoms with Gasteiger partial charge in [-0.15, -0.1) is 0 Å². The molecule has 0 saturated carbocycles. The molecule has 30 heavy (non-hydrogen) atoms. The highest BCUT2D eigenvalue weighted by atomic mass is 16.5. The molecule has 2 N–H and O–H groups in total. The molecule has 2 heterocycles. The van der Waals surface area contributed by atoms with Crippen LogP contribution in [0.1, 0.15) is 5.69 Å². The second-order valence-electron chi connectivity index (χ2n) is 7.06. The summed E-state index contributed by atoms with van der Waals surface area (Å²) >= 11 is 0. The predicted octanol–water partition coefficient (Wildman–Crippen LogP) is 3.72. The first-order valence-electron chi connectivity index (χ1n) is 9.90. The van der Waals surface area contributed by atoms with Crippen molar-refractivity contribution in [2.24, 2.45) is 0 Å². The van der Waals surface area contributed by atoms with Gasteiger partial charge in [-0.3, -0.25) is 4.98 Å². The molecule has 1 aliphatic rings. The quantitative estimate of drug-likeness (QED) is 0.678. The Morgan fingerprint density at radius 1 is 1.00 bits per heavy atom. The van der Waals surface area contributed by atoms with Gasteiger partial charge in [0.25, 0.3) is 0 Å². The number of phenolic OH excluding ortho intramolecular Hbond substituents is 1. The Labute approximate surface area is 175 Å². The summed E-state index contributed by atoms with van der Waals surface area (Å²) in [6, 6.07) is 20.1. The van der Waals surface area contributed by atoms with Crippen LogP contribution in [0, 0.1) is 0 Å². The maximum atomic E-state index is 12.7. The van der Waals surface area contributed by atoms with Gasteiger partial charge in [-0.05, 0) is 36.4 Å². The maximum Gasteiger partial charge on any atom is 0.321 e. The van der Waals surface area contributed by atoms with Gasteiger partial charge in [0.1, 0.15) is 18.1 Å². The van der Waals surface area contributed by atoms with Crippen molar-refractivity contribution >= 4 is 17.4 Å². The van der Waals surface area contributed by atoms with E-state index < -0.39 is 0 Å². The van der Waals surface area contributed by atoms with E-state index in [4.69, 9.17) is 4.74 Å². The molecule has 0 unspecified atom stereocenters. The Bertz CT molecular complexity index is 989. The van der Waals surface area contributed by atoms with Crippen LogP contribution in [-0.4, -0.2) is 47.2 Å². The molecule has 3 aromatic rings. The molecule has 2 aromatic carbocycles. The minimum atomic E-state index is -0.132. The van der Waals surface area contributed by atoms with Crippen LogP contribution in [0.15, 0.2) is 72.9 Å². The van der Waals surface area contributed by atoms with Gasteiger partial charge in [0.05, 0.1) is 5.69 Å². The molecule has 1 aliphatic heterocycles. The lowest BCUT2D eigenvalue weighted by molar-refractivity contribution is 0.208. The Morgan fingerprint density at radius 3 is 2.60 bits per heavy atom. The lowest BCUT2D eigenvalue weighted by Crippen LogP contribution is -2.50. The van der Waals surface area contributed by atoms with Crippen molar-refractivity contribution in [1.29, 1.82) is 0 Å². The number of nitrogens with one attached hydrogen (secondary N) is 1. The van der Waals surface area contributed by atoms with Crippen LogP contribution in [0.4, 0.5) is 16.2 Å². The van der Waals surface area contributed by atoms with Crippen LogP contribution < -0.4 is 15.0 Å². The van der Waals surface area contributed by atoms with Crippen molar-refractivity contribution in [1.82, 2.24) is 9.88 Å². The molecule has 1 fully saturated rings. The molecule has 0 bridgehead atoms. The van der Waals surface area contributed by atoms with Gasteiger partial charge in [-0.25, -0.2) is 4.79 Å². The number of rotatable bonds is 5. The number of ether oxygens (including phenoxy) is 1. The summed E-state index contributed by atoms with van der Waals surface area (Å²) in [6.45, 7) is 3.01. The maximum absolute atomic E-state index is 12.7. The summed E-state index contributed by atoms with van der Waals surface area (Å²) in [5, 5.41) is 12.6. The van der Waals surface area contributed by atoms with E-state index in [0.717, 1.165) is 11.4 Å². The number of aromatic nitrogens is 1. The minimum absolute atomic E-state index is 0.132. The average Bonchev–Trinajstić information content (AvgIpc) is 2.79. The summed E-state index contributed by atoms with van der Waals surface area (Å²) in [5.41, 5.74) is 2.50. The van der Waals surface area contributed by atoms with Crippen LogP contribution in [-0.2, 0) is 6.61 Å². The van der Waals surface area contributed by atoms with Crippen LogP contribution >= 0.6 is 0 Å². The summed E-state index contributed by atoms with van der Waals surface area (Å²) in [5.74, 6) is 0.921. The van der Waals surface area contributed by atoms with E-state index >= 15 is 0 Å². The molecule has 7 nitrogen and oxygen atoms in total. The molecule has 2 amide bonds. The average molecular weight is 404 g/mol. The number of urea groups is 1. The zero-order valence-corrected chi connectivity index (χ0v) is 16.6. The molecular formula is C23H24N4O3. The molecule has 0 radical (unpaired) electrons.